The molecule has 0 fully saturated rings. The summed E-state index contributed by atoms with van der Waals surface area (Å²) in [7, 11) is 0. The summed E-state index contributed by atoms with van der Waals surface area (Å²) < 4.78 is 0. The number of benzene rings is 1. The van der Waals surface area contributed by atoms with E-state index in [1.165, 1.54) is 6.07 Å². The molecule has 0 unspecified atom stereocenters. The average molecular weight is 279 g/mol. The first kappa shape index (κ1) is 14.1. The third-order valence-electron chi connectivity index (χ3n) is 1.95. The summed E-state index contributed by atoms with van der Waals surface area (Å²) in [5, 5.41) is 23.1. The number of aliphatic hydroxyl groups is 2. The van der Waals surface area contributed by atoms with E-state index < -0.39 is 12.1 Å². The van der Waals surface area contributed by atoms with Gasteiger partial charge in [0.2, 0.25) is 0 Å². The van der Waals surface area contributed by atoms with Crippen molar-refractivity contribution in [2.45, 2.75) is 6.04 Å². The maximum Gasteiger partial charge on any atom is 0.319 e. The van der Waals surface area contributed by atoms with E-state index in [1.807, 2.05) is 0 Å². The van der Waals surface area contributed by atoms with Crippen LogP contribution in [0.5, 0.6) is 0 Å². The minimum Gasteiger partial charge on any atom is -0.394 e. The van der Waals surface area contributed by atoms with Crippen molar-refractivity contribution in [3.8, 4) is 0 Å². The van der Waals surface area contributed by atoms with Gasteiger partial charge in [-0.05, 0) is 18.2 Å². The fraction of sp³-hybridized carbons (Fsp3) is 0.300. The summed E-state index contributed by atoms with van der Waals surface area (Å²) in [4.78, 5) is 11.4. The van der Waals surface area contributed by atoms with Crippen LogP contribution in [0.3, 0.4) is 0 Å². The zero-order valence-corrected chi connectivity index (χ0v) is 10.3. The summed E-state index contributed by atoms with van der Waals surface area (Å²) in [5.74, 6) is 0. The van der Waals surface area contributed by atoms with E-state index in [2.05, 4.69) is 10.6 Å². The van der Waals surface area contributed by atoms with E-state index in [0.29, 0.717) is 15.7 Å². The molecule has 1 rings (SSSR count). The molecule has 0 saturated carbocycles. The Morgan fingerprint density at radius 1 is 1.24 bits per heavy atom. The fourth-order valence-corrected chi connectivity index (χ4v) is 1.37. The lowest BCUT2D eigenvalue weighted by atomic mass is 10.3. The number of aliphatic hydroxyl groups excluding tert-OH is 2. The second kappa shape index (κ2) is 6.66. The highest BCUT2D eigenvalue weighted by Crippen LogP contribution is 2.24. The number of carbonyl (C=O) groups excluding carboxylic acids is 1. The summed E-state index contributed by atoms with van der Waals surface area (Å²) in [6.07, 6.45) is 0. The average Bonchev–Trinajstić information content (AvgIpc) is 2.31. The van der Waals surface area contributed by atoms with Crippen LogP contribution in [0.2, 0.25) is 10.0 Å². The standard InChI is InChI=1S/C10H12Cl2N2O3/c11-8-2-1-6(3-9(8)12)13-10(17)14-7(4-15)5-16/h1-3,7,15-16H,4-5H2,(H2,13,14,17). The first-order valence-electron chi connectivity index (χ1n) is 4.81. The number of carbonyl (C=O) groups is 1. The number of halogens is 2. The van der Waals surface area contributed by atoms with Crippen molar-refractivity contribution in [2.75, 3.05) is 18.5 Å². The van der Waals surface area contributed by atoms with Crippen LogP contribution in [0.4, 0.5) is 10.5 Å². The molecule has 0 atom stereocenters. The molecular weight excluding hydrogens is 267 g/mol. The van der Waals surface area contributed by atoms with Crippen molar-refractivity contribution in [3.63, 3.8) is 0 Å². The molecule has 5 nitrogen and oxygen atoms in total. The molecule has 0 aliphatic heterocycles. The number of urea groups is 1. The summed E-state index contributed by atoms with van der Waals surface area (Å²) >= 11 is 11.5. The molecule has 17 heavy (non-hydrogen) atoms. The zero-order chi connectivity index (χ0) is 12.8. The highest BCUT2D eigenvalue weighted by atomic mass is 35.5. The van der Waals surface area contributed by atoms with Gasteiger partial charge in [0.25, 0.3) is 0 Å². The second-order valence-corrected chi connectivity index (χ2v) is 4.10. The number of amides is 2. The SMILES string of the molecule is O=C(Nc1ccc(Cl)c(Cl)c1)NC(CO)CO. The normalized spacial score (nSPS) is 10.4. The van der Waals surface area contributed by atoms with Gasteiger partial charge in [-0.3, -0.25) is 0 Å². The molecule has 2 amide bonds. The molecule has 0 heterocycles. The van der Waals surface area contributed by atoms with E-state index in [9.17, 15) is 4.79 Å². The topological polar surface area (TPSA) is 81.6 Å². The van der Waals surface area contributed by atoms with Crippen LogP contribution < -0.4 is 10.6 Å². The van der Waals surface area contributed by atoms with Crippen LogP contribution in [0.15, 0.2) is 18.2 Å². The van der Waals surface area contributed by atoms with Crippen molar-refractivity contribution in [1.29, 1.82) is 0 Å². The lowest BCUT2D eigenvalue weighted by Gasteiger charge is -2.14. The van der Waals surface area contributed by atoms with Gasteiger partial charge in [0.1, 0.15) is 0 Å². The maximum absolute atomic E-state index is 11.4. The Hall–Kier alpha value is -1.01. The number of hydrogen-bond donors (Lipinski definition) is 4. The first-order valence-corrected chi connectivity index (χ1v) is 5.56. The fourth-order valence-electron chi connectivity index (χ4n) is 1.08. The van der Waals surface area contributed by atoms with Crippen molar-refractivity contribution in [1.82, 2.24) is 5.32 Å². The largest absolute Gasteiger partial charge is 0.394 e. The highest BCUT2D eigenvalue weighted by Gasteiger charge is 2.10. The van der Waals surface area contributed by atoms with Gasteiger partial charge in [-0.2, -0.15) is 0 Å². The molecule has 0 radical (unpaired) electrons. The third-order valence-corrected chi connectivity index (χ3v) is 2.69. The van der Waals surface area contributed by atoms with Crippen LogP contribution in [0.1, 0.15) is 0 Å². The van der Waals surface area contributed by atoms with Crippen LogP contribution >= 0.6 is 23.2 Å². The first-order chi connectivity index (χ1) is 8.06. The molecule has 1 aromatic carbocycles. The molecule has 4 N–H and O–H groups in total. The lowest BCUT2D eigenvalue weighted by Crippen LogP contribution is -2.42. The minimum atomic E-state index is -0.697. The van der Waals surface area contributed by atoms with Crippen LogP contribution in [0.25, 0.3) is 0 Å². The van der Waals surface area contributed by atoms with Gasteiger partial charge in [0.15, 0.2) is 0 Å². The van der Waals surface area contributed by atoms with Gasteiger partial charge < -0.3 is 20.8 Å². The van der Waals surface area contributed by atoms with Gasteiger partial charge in [0, 0.05) is 5.69 Å². The van der Waals surface area contributed by atoms with Crippen molar-refractivity contribution in [3.05, 3.63) is 28.2 Å². The Morgan fingerprint density at radius 3 is 2.41 bits per heavy atom. The van der Waals surface area contributed by atoms with Crippen molar-refractivity contribution < 1.29 is 15.0 Å². The molecule has 0 aromatic heterocycles. The Balaban J connectivity index is 2.58. The number of nitrogens with one attached hydrogen (secondary N) is 2. The van der Waals surface area contributed by atoms with E-state index in [-0.39, 0.29) is 13.2 Å². The smallest absolute Gasteiger partial charge is 0.319 e. The molecule has 0 aliphatic rings. The molecule has 0 bridgehead atoms. The van der Waals surface area contributed by atoms with Crippen LogP contribution in [-0.2, 0) is 0 Å². The monoisotopic (exact) mass is 278 g/mol. The number of rotatable bonds is 4. The Bertz CT molecular complexity index is 397. The van der Waals surface area contributed by atoms with Gasteiger partial charge in [-0.25, -0.2) is 4.79 Å². The van der Waals surface area contributed by atoms with Gasteiger partial charge in [0.05, 0.1) is 29.3 Å². The molecule has 0 aliphatic carbocycles. The second-order valence-electron chi connectivity index (χ2n) is 3.29. The molecule has 0 spiro atoms. The van der Waals surface area contributed by atoms with Crippen molar-refractivity contribution in [2.24, 2.45) is 0 Å². The van der Waals surface area contributed by atoms with Crippen LogP contribution in [-0.4, -0.2) is 35.5 Å². The van der Waals surface area contributed by atoms with Crippen molar-refractivity contribution >= 4 is 34.9 Å². The highest BCUT2D eigenvalue weighted by molar-refractivity contribution is 6.42. The Kier molecular flexibility index (Phi) is 5.50. The lowest BCUT2D eigenvalue weighted by molar-refractivity contribution is 0.172. The van der Waals surface area contributed by atoms with E-state index in [0.717, 1.165) is 0 Å². The van der Waals surface area contributed by atoms with Gasteiger partial charge >= 0.3 is 6.03 Å². The van der Waals surface area contributed by atoms with Crippen LogP contribution in [0, 0.1) is 0 Å². The zero-order valence-electron chi connectivity index (χ0n) is 8.78. The molecule has 7 heteroatoms. The summed E-state index contributed by atoms with van der Waals surface area (Å²) in [6.45, 7) is -0.684. The molecule has 0 saturated heterocycles. The number of anilines is 1. The number of hydrogen-bond acceptors (Lipinski definition) is 3. The molecular formula is C10H12Cl2N2O3. The quantitative estimate of drug-likeness (QED) is 0.673. The predicted molar refractivity (Wildman–Crippen MR) is 66.6 cm³/mol. The summed E-state index contributed by atoms with van der Waals surface area (Å²) in [6, 6.07) is 3.39. The van der Waals surface area contributed by atoms with Gasteiger partial charge in [-0.15, -0.1) is 0 Å². The maximum atomic E-state index is 11.4. The Morgan fingerprint density at radius 2 is 1.88 bits per heavy atom. The molecule has 1 aromatic rings. The van der Waals surface area contributed by atoms with E-state index in [4.69, 9.17) is 33.4 Å². The predicted octanol–water partition coefficient (Wildman–Crippen LogP) is 1.47. The third kappa shape index (κ3) is 4.40. The summed E-state index contributed by atoms with van der Waals surface area (Å²) in [5.41, 5.74) is 0.464. The minimum absolute atomic E-state index is 0.324. The van der Waals surface area contributed by atoms with Gasteiger partial charge in [-0.1, -0.05) is 23.2 Å². The Labute approximate surface area is 108 Å². The van der Waals surface area contributed by atoms with E-state index in [1.54, 1.807) is 12.1 Å². The molecule has 94 valence electrons. The van der Waals surface area contributed by atoms with E-state index >= 15 is 0 Å².